The van der Waals surface area contributed by atoms with Crippen LogP contribution in [0.25, 0.3) is 6.08 Å². The number of hydrogen-bond acceptors (Lipinski definition) is 6. The van der Waals surface area contributed by atoms with Gasteiger partial charge in [-0.25, -0.2) is 0 Å². The van der Waals surface area contributed by atoms with Crippen molar-refractivity contribution in [3.8, 4) is 0 Å². The molecule has 1 aromatic rings. The third-order valence-corrected chi connectivity index (χ3v) is 13.9. The molecule has 2 heterocycles. The maximum Gasteiger partial charge on any atom is 0.175 e. The van der Waals surface area contributed by atoms with Gasteiger partial charge in [0.25, 0.3) is 0 Å². The molecule has 8 unspecified atom stereocenters. The summed E-state index contributed by atoms with van der Waals surface area (Å²) in [6, 6.07) is 0.512. The molecule has 232 valence electrons. The molecule has 0 amide bonds. The van der Waals surface area contributed by atoms with Crippen molar-refractivity contribution in [2.45, 2.75) is 116 Å². The number of carbonyl (C=O) groups is 1. The number of aliphatic hydroxyl groups is 2. The molecule has 6 aliphatic rings. The molecule has 6 nitrogen and oxygen atoms in total. The van der Waals surface area contributed by atoms with E-state index in [1.165, 1.54) is 60.7 Å². The Morgan fingerprint density at radius 3 is 2.74 bits per heavy atom. The van der Waals surface area contributed by atoms with Crippen LogP contribution >= 0.6 is 11.8 Å². The standard InChI is InChI=1S/C36H49N3O3S/c1-4-23-10-8-9-17-37-33(23)43-22-31(41)36(42)16-15-28-27-14-13-25-18-29-24(21-38-39(29)26-11-6-5-7-12-26)19-34(25,2)32(27)30(40)20-35(28,36)3/h8-10,17-18,21,23,26-28,30,32,40,42H,4-7,11-16,19-20,22H2,1-3H3. The zero-order valence-corrected chi connectivity index (χ0v) is 27.0. The lowest BCUT2D eigenvalue weighted by molar-refractivity contribution is -0.177. The van der Waals surface area contributed by atoms with Crippen LogP contribution in [-0.2, 0) is 11.2 Å². The molecule has 5 aliphatic carbocycles. The largest absolute Gasteiger partial charge is 0.393 e. The van der Waals surface area contributed by atoms with Gasteiger partial charge < -0.3 is 10.2 Å². The number of carbonyl (C=O) groups excluding carboxylic acids is 1. The number of thioether (sulfide) groups is 1. The quantitative estimate of drug-likeness (QED) is 0.376. The Morgan fingerprint density at radius 1 is 1.14 bits per heavy atom. The van der Waals surface area contributed by atoms with Crippen LogP contribution in [0.5, 0.6) is 0 Å². The molecule has 4 fully saturated rings. The van der Waals surface area contributed by atoms with E-state index in [1.807, 2.05) is 12.2 Å². The van der Waals surface area contributed by atoms with Gasteiger partial charge in [-0.3, -0.25) is 14.5 Å². The van der Waals surface area contributed by atoms with Gasteiger partial charge in [-0.15, -0.1) is 11.8 Å². The maximum absolute atomic E-state index is 13.9. The fraction of sp³-hybridized carbons (Fsp3) is 0.694. The van der Waals surface area contributed by atoms with Crippen molar-refractivity contribution < 1.29 is 15.0 Å². The van der Waals surface area contributed by atoms with Gasteiger partial charge >= 0.3 is 0 Å². The fourth-order valence-corrected chi connectivity index (χ4v) is 11.7. The molecule has 43 heavy (non-hydrogen) atoms. The first-order valence-corrected chi connectivity index (χ1v) is 17.9. The van der Waals surface area contributed by atoms with Crippen LogP contribution in [0.2, 0.25) is 0 Å². The molecule has 8 atom stereocenters. The molecule has 1 aliphatic heterocycles. The van der Waals surface area contributed by atoms with Gasteiger partial charge in [0.05, 0.1) is 34.8 Å². The Kier molecular flexibility index (Phi) is 7.70. The average molecular weight is 604 g/mol. The van der Waals surface area contributed by atoms with Crippen LogP contribution in [0, 0.1) is 34.5 Å². The number of ketones is 1. The number of aromatic nitrogens is 2. The SMILES string of the molecule is CCC1C=CC=CN=C1SCC(=O)C1(O)CCC2C3CCC4=Cc5c(cnn5C5CCCCC5)CC4(C)C3C(O)CC21C. The van der Waals surface area contributed by atoms with Crippen molar-refractivity contribution in [1.82, 2.24) is 9.78 Å². The van der Waals surface area contributed by atoms with Crippen molar-refractivity contribution in [2.24, 2.45) is 39.5 Å². The second kappa shape index (κ2) is 11.1. The van der Waals surface area contributed by atoms with E-state index in [-0.39, 0.29) is 34.7 Å². The molecule has 7 heteroatoms. The predicted molar refractivity (Wildman–Crippen MR) is 174 cm³/mol. The van der Waals surface area contributed by atoms with Crippen LogP contribution in [0.1, 0.15) is 109 Å². The minimum absolute atomic E-state index is 0.0945. The topological polar surface area (TPSA) is 87.7 Å². The van der Waals surface area contributed by atoms with Crippen LogP contribution in [-0.4, -0.2) is 48.3 Å². The fourth-order valence-electron chi connectivity index (χ4n) is 10.5. The Morgan fingerprint density at radius 2 is 1.95 bits per heavy atom. The molecule has 0 saturated heterocycles. The zero-order valence-electron chi connectivity index (χ0n) is 26.2. The van der Waals surface area contributed by atoms with Crippen molar-refractivity contribution in [3.63, 3.8) is 0 Å². The number of aliphatic imine (C=N–C) groups is 1. The second-order valence-electron chi connectivity index (χ2n) is 14.9. The Bertz CT molecular complexity index is 1390. The molecule has 7 rings (SSSR count). The lowest BCUT2D eigenvalue weighted by Gasteiger charge is -2.60. The first-order chi connectivity index (χ1) is 20.7. The summed E-state index contributed by atoms with van der Waals surface area (Å²) in [6.45, 7) is 6.62. The highest BCUT2D eigenvalue weighted by atomic mass is 32.2. The number of fused-ring (bicyclic) bond motifs is 6. The van der Waals surface area contributed by atoms with Crippen molar-refractivity contribution in [2.75, 3.05) is 5.75 Å². The van der Waals surface area contributed by atoms with Gasteiger partial charge in [-0.05, 0) is 98.7 Å². The summed E-state index contributed by atoms with van der Waals surface area (Å²) >= 11 is 1.48. The lowest BCUT2D eigenvalue weighted by Crippen LogP contribution is -2.62. The first-order valence-electron chi connectivity index (χ1n) is 16.9. The zero-order chi connectivity index (χ0) is 30.0. The Balaban J connectivity index is 1.12. The summed E-state index contributed by atoms with van der Waals surface area (Å²) < 4.78 is 2.32. The number of aliphatic hydroxyl groups excluding tert-OH is 1. The van der Waals surface area contributed by atoms with Crippen molar-refractivity contribution in [1.29, 1.82) is 0 Å². The molecule has 0 aromatic carbocycles. The number of rotatable bonds is 5. The van der Waals surface area contributed by atoms with E-state index in [0.717, 1.165) is 37.1 Å². The minimum atomic E-state index is -1.41. The third kappa shape index (κ3) is 4.62. The van der Waals surface area contributed by atoms with Gasteiger partial charge in [0, 0.05) is 17.5 Å². The van der Waals surface area contributed by atoms with Crippen LogP contribution in [0.4, 0.5) is 0 Å². The summed E-state index contributed by atoms with van der Waals surface area (Å²) in [5.41, 5.74) is 1.95. The highest BCUT2D eigenvalue weighted by Crippen LogP contribution is 2.67. The molecule has 1 aromatic heterocycles. The van der Waals surface area contributed by atoms with Gasteiger partial charge in [0.2, 0.25) is 0 Å². The molecular weight excluding hydrogens is 554 g/mol. The molecule has 0 bridgehead atoms. The molecule has 4 saturated carbocycles. The average Bonchev–Trinajstić information content (AvgIpc) is 3.41. The number of hydrogen-bond donors (Lipinski definition) is 2. The Hall–Kier alpha value is -1.96. The molecular formula is C36H49N3O3S. The van der Waals surface area contributed by atoms with Crippen molar-refractivity contribution >= 4 is 28.7 Å². The van der Waals surface area contributed by atoms with Crippen LogP contribution in [0.3, 0.4) is 0 Å². The maximum atomic E-state index is 13.9. The predicted octanol–water partition coefficient (Wildman–Crippen LogP) is 7.08. The minimum Gasteiger partial charge on any atom is -0.393 e. The lowest BCUT2D eigenvalue weighted by atomic mass is 9.45. The van der Waals surface area contributed by atoms with Gasteiger partial charge in [-0.2, -0.15) is 5.10 Å². The monoisotopic (exact) mass is 603 g/mol. The highest BCUT2D eigenvalue weighted by Gasteiger charge is 2.68. The van der Waals surface area contributed by atoms with Crippen molar-refractivity contribution in [3.05, 3.63) is 47.5 Å². The smallest absolute Gasteiger partial charge is 0.175 e. The second-order valence-corrected chi connectivity index (χ2v) is 15.9. The van der Waals surface area contributed by atoms with Gasteiger partial charge in [-0.1, -0.05) is 57.8 Å². The number of Topliss-reactive ketones (excluding diaryl/α,β-unsaturated/α-hetero) is 1. The summed E-state index contributed by atoms with van der Waals surface area (Å²) in [4.78, 5) is 18.5. The summed E-state index contributed by atoms with van der Waals surface area (Å²) in [7, 11) is 0. The van der Waals surface area contributed by atoms with E-state index in [1.54, 1.807) is 6.20 Å². The van der Waals surface area contributed by atoms with E-state index in [9.17, 15) is 15.0 Å². The molecule has 2 N–H and O–H groups in total. The normalized spacial score (nSPS) is 40.5. The molecule has 0 spiro atoms. The van der Waals surface area contributed by atoms with Gasteiger partial charge in [0.1, 0.15) is 5.60 Å². The summed E-state index contributed by atoms with van der Waals surface area (Å²) in [5.74, 6) is 0.983. The highest BCUT2D eigenvalue weighted by molar-refractivity contribution is 8.14. The van der Waals surface area contributed by atoms with E-state index < -0.39 is 17.1 Å². The molecule has 0 radical (unpaired) electrons. The third-order valence-electron chi connectivity index (χ3n) is 12.8. The van der Waals surface area contributed by atoms with E-state index in [0.29, 0.717) is 24.8 Å². The first kappa shape index (κ1) is 29.7. The van der Waals surface area contributed by atoms with Gasteiger partial charge in [0.15, 0.2) is 5.78 Å². The van der Waals surface area contributed by atoms with E-state index in [4.69, 9.17) is 5.10 Å². The summed E-state index contributed by atoms with van der Waals surface area (Å²) in [5, 5.41) is 30.1. The summed E-state index contributed by atoms with van der Waals surface area (Å²) in [6.07, 6.45) is 23.9. The number of allylic oxidation sites excluding steroid dienone is 4. The Labute approximate surface area is 261 Å². The van der Waals surface area contributed by atoms with Crippen LogP contribution < -0.4 is 0 Å². The van der Waals surface area contributed by atoms with E-state index >= 15 is 0 Å². The van der Waals surface area contributed by atoms with Crippen LogP contribution in [0.15, 0.2) is 41.2 Å². The van der Waals surface area contributed by atoms with E-state index in [2.05, 4.69) is 48.8 Å². The number of nitrogens with zero attached hydrogens (tertiary/aromatic N) is 3.